The van der Waals surface area contributed by atoms with Crippen molar-refractivity contribution in [3.8, 4) is 5.75 Å². The van der Waals surface area contributed by atoms with E-state index in [-0.39, 0.29) is 11.0 Å². The van der Waals surface area contributed by atoms with Crippen LogP contribution in [0.3, 0.4) is 0 Å². The van der Waals surface area contributed by atoms with Crippen LogP contribution in [0.1, 0.15) is 48.7 Å². The van der Waals surface area contributed by atoms with Crippen molar-refractivity contribution in [2.45, 2.75) is 39.5 Å². The van der Waals surface area contributed by atoms with Crippen molar-refractivity contribution in [2.24, 2.45) is 0 Å². The maximum absolute atomic E-state index is 12.1. The van der Waals surface area contributed by atoms with Crippen molar-refractivity contribution in [1.29, 1.82) is 0 Å². The minimum Gasteiger partial charge on any atom is -0.494 e. The number of aryl methyl sites for hydroxylation is 1. The Balaban J connectivity index is 0.000000520. The standard InChI is InChI=1S/C20H25N3O2S.C4H9NO/c1-3-4-5-6-13-25-18-11-9-17(10-12-18)22-20(26)23-19(24)16-8-7-15(2)21-14-16;1-3-6-4-2-5-1/h7-12,14H,3-6,13H2,1-2H3,(H2,22,23,24,26);5H,1-4H2. The molecule has 0 radical (unpaired) electrons. The number of rotatable bonds is 8. The van der Waals surface area contributed by atoms with Gasteiger partial charge in [-0.25, -0.2) is 0 Å². The second kappa shape index (κ2) is 15.3. The third-order valence-electron chi connectivity index (χ3n) is 4.63. The number of morpholine rings is 1. The summed E-state index contributed by atoms with van der Waals surface area (Å²) in [5.74, 6) is 0.537. The number of hydrogen-bond donors (Lipinski definition) is 3. The van der Waals surface area contributed by atoms with Crippen molar-refractivity contribution in [1.82, 2.24) is 15.6 Å². The van der Waals surface area contributed by atoms with Gasteiger partial charge in [0, 0.05) is 30.7 Å². The van der Waals surface area contributed by atoms with Gasteiger partial charge in [0.05, 0.1) is 25.4 Å². The van der Waals surface area contributed by atoms with Crippen LogP contribution in [0, 0.1) is 6.92 Å². The van der Waals surface area contributed by atoms with Crippen LogP contribution in [0.5, 0.6) is 5.75 Å². The average molecular weight is 459 g/mol. The molecule has 0 bridgehead atoms. The molecular formula is C24H34N4O3S. The largest absolute Gasteiger partial charge is 0.494 e. The number of nitrogens with zero attached hydrogens (tertiary/aromatic N) is 1. The molecule has 2 aromatic rings. The molecule has 3 N–H and O–H groups in total. The zero-order valence-corrected chi connectivity index (χ0v) is 19.8. The van der Waals surface area contributed by atoms with Crippen LogP contribution in [0.4, 0.5) is 5.69 Å². The zero-order valence-electron chi connectivity index (χ0n) is 19.0. The van der Waals surface area contributed by atoms with E-state index in [2.05, 4.69) is 27.9 Å². The highest BCUT2D eigenvalue weighted by Crippen LogP contribution is 2.16. The van der Waals surface area contributed by atoms with E-state index in [4.69, 9.17) is 21.7 Å². The highest BCUT2D eigenvalue weighted by atomic mass is 32.1. The normalized spacial score (nSPS) is 12.8. The molecule has 1 amide bonds. The molecule has 0 saturated carbocycles. The molecule has 32 heavy (non-hydrogen) atoms. The Morgan fingerprint density at radius 3 is 2.44 bits per heavy atom. The number of pyridine rings is 1. The van der Waals surface area contributed by atoms with E-state index in [9.17, 15) is 4.79 Å². The van der Waals surface area contributed by atoms with Gasteiger partial charge in [-0.1, -0.05) is 26.2 Å². The van der Waals surface area contributed by atoms with Gasteiger partial charge in [0.15, 0.2) is 5.11 Å². The molecule has 0 aliphatic carbocycles. The van der Waals surface area contributed by atoms with E-state index in [0.717, 1.165) is 56.5 Å². The predicted molar refractivity (Wildman–Crippen MR) is 132 cm³/mol. The lowest BCUT2D eigenvalue weighted by molar-refractivity contribution is 0.0977. The summed E-state index contributed by atoms with van der Waals surface area (Å²) in [5, 5.41) is 9.03. The monoisotopic (exact) mass is 458 g/mol. The topological polar surface area (TPSA) is 84.5 Å². The molecule has 1 aromatic carbocycles. The number of carbonyl (C=O) groups is 1. The number of anilines is 1. The molecule has 1 saturated heterocycles. The minimum absolute atomic E-state index is 0.240. The summed E-state index contributed by atoms with van der Waals surface area (Å²) in [7, 11) is 0. The second-order valence-corrected chi connectivity index (χ2v) is 7.80. The van der Waals surface area contributed by atoms with Crippen LogP contribution in [0.15, 0.2) is 42.6 Å². The number of unbranched alkanes of at least 4 members (excludes halogenated alkanes) is 3. The minimum atomic E-state index is -0.290. The van der Waals surface area contributed by atoms with Gasteiger partial charge < -0.3 is 20.1 Å². The molecule has 1 aliphatic heterocycles. The molecule has 8 heteroatoms. The number of hydrogen-bond acceptors (Lipinski definition) is 6. The van der Waals surface area contributed by atoms with Crippen LogP contribution in [-0.4, -0.2) is 48.9 Å². The van der Waals surface area contributed by atoms with Gasteiger partial charge in [-0.05, 0) is 62.0 Å². The fourth-order valence-corrected chi connectivity index (χ4v) is 3.02. The number of amides is 1. The molecule has 1 fully saturated rings. The molecule has 1 aliphatic rings. The number of carbonyl (C=O) groups excluding carboxylic acids is 1. The van der Waals surface area contributed by atoms with Gasteiger partial charge in [-0.2, -0.15) is 0 Å². The lowest BCUT2D eigenvalue weighted by Gasteiger charge is -2.11. The second-order valence-electron chi connectivity index (χ2n) is 7.39. The van der Waals surface area contributed by atoms with Gasteiger partial charge >= 0.3 is 0 Å². The zero-order chi connectivity index (χ0) is 23.0. The van der Waals surface area contributed by atoms with E-state index >= 15 is 0 Å². The van der Waals surface area contributed by atoms with E-state index in [1.54, 1.807) is 12.1 Å². The highest BCUT2D eigenvalue weighted by molar-refractivity contribution is 7.80. The summed E-state index contributed by atoms with van der Waals surface area (Å²) in [4.78, 5) is 16.2. The Labute approximate surface area is 196 Å². The molecular weight excluding hydrogens is 424 g/mol. The maximum atomic E-state index is 12.1. The quantitative estimate of drug-likeness (QED) is 0.406. The van der Waals surface area contributed by atoms with Crippen LogP contribution >= 0.6 is 12.2 Å². The van der Waals surface area contributed by atoms with Crippen LogP contribution in [0.2, 0.25) is 0 Å². The Morgan fingerprint density at radius 1 is 1.12 bits per heavy atom. The summed E-state index contributed by atoms with van der Waals surface area (Å²) in [5.41, 5.74) is 2.11. The Bertz CT molecular complexity index is 797. The molecule has 2 heterocycles. The van der Waals surface area contributed by atoms with E-state index in [1.165, 1.54) is 25.5 Å². The van der Waals surface area contributed by atoms with Crippen molar-refractivity contribution in [2.75, 3.05) is 38.2 Å². The lowest BCUT2D eigenvalue weighted by atomic mass is 10.2. The van der Waals surface area contributed by atoms with Crippen LogP contribution in [-0.2, 0) is 4.74 Å². The third kappa shape index (κ3) is 10.7. The Hall–Kier alpha value is -2.55. The number of thiocarbonyl (C=S) groups is 1. The predicted octanol–water partition coefficient (Wildman–Crippen LogP) is 4.08. The molecule has 0 unspecified atom stereocenters. The lowest BCUT2D eigenvalue weighted by Crippen LogP contribution is -2.34. The van der Waals surface area contributed by atoms with Crippen LogP contribution in [0.25, 0.3) is 0 Å². The van der Waals surface area contributed by atoms with Crippen molar-refractivity contribution in [3.05, 3.63) is 53.9 Å². The first-order valence-corrected chi connectivity index (χ1v) is 11.6. The van der Waals surface area contributed by atoms with E-state index in [1.807, 2.05) is 31.2 Å². The molecule has 1 aromatic heterocycles. The van der Waals surface area contributed by atoms with Gasteiger partial charge in [0.2, 0.25) is 0 Å². The summed E-state index contributed by atoms with van der Waals surface area (Å²) in [6.07, 6.45) is 6.25. The summed E-state index contributed by atoms with van der Waals surface area (Å²) in [6, 6.07) is 11.0. The Kier molecular flexibility index (Phi) is 12.3. The Morgan fingerprint density at radius 2 is 1.88 bits per heavy atom. The number of ether oxygens (including phenoxy) is 2. The van der Waals surface area contributed by atoms with Gasteiger partial charge in [-0.3, -0.25) is 15.1 Å². The van der Waals surface area contributed by atoms with Crippen LogP contribution < -0.4 is 20.7 Å². The fourth-order valence-electron chi connectivity index (χ4n) is 2.81. The summed E-state index contributed by atoms with van der Waals surface area (Å²) in [6.45, 7) is 8.62. The first-order valence-electron chi connectivity index (χ1n) is 11.1. The average Bonchev–Trinajstić information content (AvgIpc) is 2.82. The smallest absolute Gasteiger partial charge is 0.258 e. The number of benzene rings is 1. The maximum Gasteiger partial charge on any atom is 0.258 e. The van der Waals surface area contributed by atoms with Crippen molar-refractivity contribution >= 4 is 28.9 Å². The molecule has 7 nitrogen and oxygen atoms in total. The first kappa shape index (κ1) is 25.7. The van der Waals surface area contributed by atoms with Gasteiger partial charge in [0.1, 0.15) is 5.75 Å². The van der Waals surface area contributed by atoms with E-state index in [0.29, 0.717) is 5.56 Å². The highest BCUT2D eigenvalue weighted by Gasteiger charge is 2.08. The number of nitrogens with one attached hydrogen (secondary N) is 3. The van der Waals surface area contributed by atoms with E-state index < -0.39 is 0 Å². The number of aromatic nitrogens is 1. The third-order valence-corrected chi connectivity index (χ3v) is 4.83. The van der Waals surface area contributed by atoms with Gasteiger partial charge in [0.25, 0.3) is 5.91 Å². The molecule has 174 valence electrons. The SMILES string of the molecule is C1COCCN1.CCCCCCOc1ccc(NC(=S)NC(=O)c2ccc(C)nc2)cc1. The van der Waals surface area contributed by atoms with Crippen molar-refractivity contribution in [3.63, 3.8) is 0 Å². The van der Waals surface area contributed by atoms with Gasteiger partial charge in [-0.15, -0.1) is 0 Å². The molecule has 0 spiro atoms. The fraction of sp³-hybridized carbons (Fsp3) is 0.458. The summed E-state index contributed by atoms with van der Waals surface area (Å²) < 4.78 is 10.7. The molecule has 0 atom stereocenters. The van der Waals surface area contributed by atoms with Crippen molar-refractivity contribution < 1.29 is 14.3 Å². The summed E-state index contributed by atoms with van der Waals surface area (Å²) >= 11 is 5.19. The molecule has 3 rings (SSSR count). The first-order chi connectivity index (χ1) is 15.6.